The Kier molecular flexibility index (Phi) is 7.53. The normalized spacial score (nSPS) is 12.9. The lowest BCUT2D eigenvalue weighted by atomic mass is 10.2. The van der Waals surface area contributed by atoms with Gasteiger partial charge < -0.3 is 10.6 Å². The van der Waals surface area contributed by atoms with E-state index in [4.69, 9.17) is 11.6 Å². The summed E-state index contributed by atoms with van der Waals surface area (Å²) < 4.78 is 0. The zero-order valence-corrected chi connectivity index (χ0v) is 16.0. The molecule has 0 bridgehead atoms. The third-order valence-corrected chi connectivity index (χ3v) is 4.74. The van der Waals surface area contributed by atoms with Crippen LogP contribution in [0, 0.1) is 6.92 Å². The Balaban J connectivity index is 1.86. The van der Waals surface area contributed by atoms with Gasteiger partial charge in [0.15, 0.2) is 5.96 Å². The van der Waals surface area contributed by atoms with E-state index in [-0.39, 0.29) is 0 Å². The molecule has 0 aromatic carbocycles. The molecule has 0 fully saturated rings. The monoisotopic (exact) mass is 364 g/mol. The van der Waals surface area contributed by atoms with E-state index < -0.39 is 0 Å². The molecule has 24 heavy (non-hydrogen) atoms. The molecule has 2 N–H and O–H groups in total. The Morgan fingerprint density at radius 1 is 1.33 bits per heavy atom. The van der Waals surface area contributed by atoms with Crippen LogP contribution in [0.25, 0.3) is 0 Å². The number of hydrogen-bond donors (Lipinski definition) is 2. The smallest absolute Gasteiger partial charge is 0.191 e. The van der Waals surface area contributed by atoms with Crippen LogP contribution in [0.4, 0.5) is 0 Å². The summed E-state index contributed by atoms with van der Waals surface area (Å²) in [6.45, 7) is 7.96. The molecule has 2 heterocycles. The van der Waals surface area contributed by atoms with Gasteiger partial charge in [0.2, 0.25) is 0 Å². The molecule has 0 radical (unpaired) electrons. The molecule has 0 aliphatic heterocycles. The van der Waals surface area contributed by atoms with Crippen molar-refractivity contribution < 1.29 is 0 Å². The van der Waals surface area contributed by atoms with Crippen molar-refractivity contribution in [1.29, 1.82) is 0 Å². The maximum Gasteiger partial charge on any atom is 0.191 e. The molecule has 1 atom stereocenters. The first-order valence-corrected chi connectivity index (χ1v) is 9.47. The summed E-state index contributed by atoms with van der Waals surface area (Å²) >= 11 is 7.66. The first-order chi connectivity index (χ1) is 11.6. The second kappa shape index (κ2) is 9.64. The van der Waals surface area contributed by atoms with Gasteiger partial charge >= 0.3 is 0 Å². The first-order valence-electron chi connectivity index (χ1n) is 8.27. The van der Waals surface area contributed by atoms with Crippen molar-refractivity contribution >= 4 is 28.9 Å². The van der Waals surface area contributed by atoms with Gasteiger partial charge in [-0.1, -0.05) is 17.7 Å². The minimum atomic E-state index is 0.332. The van der Waals surface area contributed by atoms with Crippen LogP contribution in [0.15, 0.2) is 35.5 Å². The van der Waals surface area contributed by atoms with Gasteiger partial charge in [0, 0.05) is 41.5 Å². The lowest BCUT2D eigenvalue weighted by Crippen LogP contribution is -2.43. The summed E-state index contributed by atoms with van der Waals surface area (Å²) in [6, 6.07) is 8.52. The predicted molar refractivity (Wildman–Crippen MR) is 104 cm³/mol. The Hall–Kier alpha value is -1.59. The molecule has 0 saturated carbocycles. The second-order valence-electron chi connectivity index (χ2n) is 5.76. The average Bonchev–Trinajstić information content (AvgIpc) is 2.94. The molecule has 0 spiro atoms. The molecule has 0 amide bonds. The summed E-state index contributed by atoms with van der Waals surface area (Å²) in [5, 5.41) is 7.31. The van der Waals surface area contributed by atoms with Crippen molar-refractivity contribution in [1.82, 2.24) is 15.6 Å². The molecule has 0 aliphatic rings. The second-order valence-corrected chi connectivity index (χ2v) is 7.52. The largest absolute Gasteiger partial charge is 0.357 e. The van der Waals surface area contributed by atoms with Crippen molar-refractivity contribution in [3.63, 3.8) is 0 Å². The summed E-state index contributed by atoms with van der Waals surface area (Å²) in [5.74, 6) is 0.861. The first kappa shape index (κ1) is 18.7. The van der Waals surface area contributed by atoms with Crippen LogP contribution < -0.4 is 10.6 Å². The fourth-order valence-corrected chi connectivity index (χ4v) is 3.48. The number of aliphatic imine (C=N–C) groups is 1. The molecule has 130 valence electrons. The molecule has 6 heteroatoms. The maximum absolute atomic E-state index is 5.80. The van der Waals surface area contributed by atoms with E-state index in [1.54, 1.807) is 6.20 Å². The summed E-state index contributed by atoms with van der Waals surface area (Å²) in [7, 11) is 0. The Morgan fingerprint density at radius 3 is 2.79 bits per heavy atom. The summed E-state index contributed by atoms with van der Waals surface area (Å²) in [6.07, 6.45) is 3.66. The molecule has 2 rings (SSSR count). The van der Waals surface area contributed by atoms with Crippen molar-refractivity contribution in [3.8, 4) is 0 Å². The van der Waals surface area contributed by atoms with Gasteiger partial charge in [0.1, 0.15) is 5.15 Å². The Bertz CT molecular complexity index is 651. The number of guanidine groups is 1. The number of rotatable bonds is 7. The van der Waals surface area contributed by atoms with Crippen molar-refractivity contribution in [3.05, 3.63) is 50.9 Å². The van der Waals surface area contributed by atoms with Gasteiger partial charge in [0.25, 0.3) is 0 Å². The van der Waals surface area contributed by atoms with E-state index in [2.05, 4.69) is 53.5 Å². The van der Waals surface area contributed by atoms with E-state index in [1.165, 1.54) is 9.75 Å². The van der Waals surface area contributed by atoms with Crippen molar-refractivity contribution in [2.75, 3.05) is 13.1 Å². The van der Waals surface area contributed by atoms with Gasteiger partial charge in [-0.2, -0.15) is 0 Å². The van der Waals surface area contributed by atoms with E-state index in [1.807, 2.05) is 23.5 Å². The zero-order chi connectivity index (χ0) is 17.4. The molecular formula is C18H25ClN4S. The third-order valence-electron chi connectivity index (χ3n) is 3.49. The van der Waals surface area contributed by atoms with Crippen LogP contribution in [-0.2, 0) is 12.8 Å². The molecule has 2 aromatic rings. The number of thiophene rings is 1. The molecule has 0 saturated heterocycles. The number of pyridine rings is 1. The van der Waals surface area contributed by atoms with Gasteiger partial charge in [-0.25, -0.2) is 4.98 Å². The third kappa shape index (κ3) is 6.49. The van der Waals surface area contributed by atoms with Crippen molar-refractivity contribution in [2.45, 2.75) is 39.7 Å². The average molecular weight is 365 g/mol. The van der Waals surface area contributed by atoms with Crippen LogP contribution in [0.3, 0.4) is 0 Å². The van der Waals surface area contributed by atoms with Crippen LogP contribution in [0.2, 0.25) is 5.15 Å². The van der Waals surface area contributed by atoms with Gasteiger partial charge in [-0.05, 0) is 51.0 Å². The zero-order valence-electron chi connectivity index (χ0n) is 14.5. The number of aromatic nitrogens is 1. The van der Waals surface area contributed by atoms with Crippen LogP contribution in [-0.4, -0.2) is 30.1 Å². The highest BCUT2D eigenvalue weighted by atomic mass is 35.5. The number of nitrogens with zero attached hydrogens (tertiary/aromatic N) is 2. The fourth-order valence-electron chi connectivity index (χ4n) is 2.35. The van der Waals surface area contributed by atoms with Crippen LogP contribution >= 0.6 is 22.9 Å². The maximum atomic E-state index is 5.80. The van der Waals surface area contributed by atoms with E-state index >= 15 is 0 Å². The Morgan fingerprint density at radius 2 is 2.17 bits per heavy atom. The van der Waals surface area contributed by atoms with Crippen LogP contribution in [0.1, 0.15) is 29.2 Å². The highest BCUT2D eigenvalue weighted by Gasteiger charge is 2.07. The highest BCUT2D eigenvalue weighted by Crippen LogP contribution is 2.16. The lowest BCUT2D eigenvalue weighted by molar-refractivity contribution is 0.645. The number of aryl methyl sites for hydroxylation is 1. The topological polar surface area (TPSA) is 49.3 Å². The molecular weight excluding hydrogens is 340 g/mol. The fraction of sp³-hybridized carbons (Fsp3) is 0.444. The summed E-state index contributed by atoms with van der Waals surface area (Å²) in [5.41, 5.74) is 1.14. The Labute approximate surface area is 153 Å². The quantitative estimate of drug-likeness (QED) is 0.446. The number of nitrogens with one attached hydrogen (secondary N) is 2. The van der Waals surface area contributed by atoms with E-state index in [9.17, 15) is 0 Å². The van der Waals surface area contributed by atoms with Gasteiger partial charge in [0.05, 0.1) is 0 Å². The summed E-state index contributed by atoms with van der Waals surface area (Å²) in [4.78, 5) is 11.5. The van der Waals surface area contributed by atoms with E-state index in [0.29, 0.717) is 17.7 Å². The van der Waals surface area contributed by atoms with Crippen LogP contribution in [0.5, 0.6) is 0 Å². The highest BCUT2D eigenvalue weighted by molar-refractivity contribution is 7.11. The lowest BCUT2D eigenvalue weighted by Gasteiger charge is -2.17. The molecule has 1 unspecified atom stereocenters. The minimum absolute atomic E-state index is 0.332. The van der Waals surface area contributed by atoms with Gasteiger partial charge in [-0.15, -0.1) is 11.3 Å². The molecule has 4 nitrogen and oxygen atoms in total. The van der Waals surface area contributed by atoms with E-state index in [0.717, 1.165) is 30.9 Å². The molecule has 2 aromatic heterocycles. The predicted octanol–water partition coefficient (Wildman–Crippen LogP) is 3.83. The number of hydrogen-bond acceptors (Lipinski definition) is 3. The minimum Gasteiger partial charge on any atom is -0.357 e. The van der Waals surface area contributed by atoms with Crippen molar-refractivity contribution in [2.24, 2.45) is 4.99 Å². The SMILES string of the molecule is CCNC(=NCCc1ccc(Cl)nc1)NC(C)Cc1ccc(C)s1. The molecule has 0 aliphatic carbocycles. The standard InChI is InChI=1S/C18H25ClN4S/c1-4-20-18(21-10-9-15-6-8-17(19)22-12-15)23-13(2)11-16-7-5-14(3)24-16/h5-8,12-13H,4,9-11H2,1-3H3,(H2,20,21,23). The number of halogens is 1. The van der Waals surface area contributed by atoms with Gasteiger partial charge in [-0.3, -0.25) is 4.99 Å².